The SMILES string of the molecule is Cc1cc2ncn(CC3(CBr)CCCC3)c2cc1C. The number of rotatable bonds is 3. The van der Waals surface area contributed by atoms with Crippen molar-refractivity contribution in [2.24, 2.45) is 5.41 Å². The monoisotopic (exact) mass is 320 g/mol. The standard InChI is InChI=1S/C16H21BrN2/c1-12-7-14-15(8-13(12)2)19(11-18-14)10-16(9-17)5-3-4-6-16/h7-8,11H,3-6,9-10H2,1-2H3. The second-order valence-corrected chi connectivity index (χ2v) is 6.70. The van der Waals surface area contributed by atoms with Gasteiger partial charge in [0, 0.05) is 11.9 Å². The molecule has 1 aliphatic rings. The number of imidazole rings is 1. The highest BCUT2D eigenvalue weighted by Gasteiger charge is 2.33. The van der Waals surface area contributed by atoms with Crippen molar-refractivity contribution in [2.45, 2.75) is 46.1 Å². The summed E-state index contributed by atoms with van der Waals surface area (Å²) < 4.78 is 2.36. The van der Waals surface area contributed by atoms with Gasteiger partial charge in [0.2, 0.25) is 0 Å². The summed E-state index contributed by atoms with van der Waals surface area (Å²) in [5, 5.41) is 1.10. The first-order valence-corrected chi connectivity index (χ1v) is 8.24. The lowest BCUT2D eigenvalue weighted by Gasteiger charge is -2.27. The van der Waals surface area contributed by atoms with Crippen molar-refractivity contribution in [2.75, 3.05) is 5.33 Å². The fraction of sp³-hybridized carbons (Fsp3) is 0.562. The fourth-order valence-corrected chi connectivity index (χ4v) is 4.00. The average Bonchev–Trinajstić information content (AvgIpc) is 3.00. The summed E-state index contributed by atoms with van der Waals surface area (Å²) in [6.45, 7) is 5.43. The van der Waals surface area contributed by atoms with Gasteiger partial charge in [-0.15, -0.1) is 0 Å². The van der Waals surface area contributed by atoms with Crippen LogP contribution in [-0.2, 0) is 6.54 Å². The van der Waals surface area contributed by atoms with Gasteiger partial charge in [-0.1, -0.05) is 28.8 Å². The molecule has 102 valence electrons. The Morgan fingerprint density at radius 1 is 1.21 bits per heavy atom. The van der Waals surface area contributed by atoms with Crippen LogP contribution in [0.4, 0.5) is 0 Å². The first-order chi connectivity index (χ1) is 9.13. The lowest BCUT2D eigenvalue weighted by atomic mass is 9.88. The molecule has 0 atom stereocenters. The third kappa shape index (κ3) is 2.33. The van der Waals surface area contributed by atoms with Crippen molar-refractivity contribution >= 4 is 27.0 Å². The highest BCUT2D eigenvalue weighted by molar-refractivity contribution is 9.09. The predicted octanol–water partition coefficient (Wildman–Crippen LogP) is 4.61. The smallest absolute Gasteiger partial charge is 0.0958 e. The highest BCUT2D eigenvalue weighted by atomic mass is 79.9. The van der Waals surface area contributed by atoms with E-state index in [4.69, 9.17) is 0 Å². The van der Waals surface area contributed by atoms with Gasteiger partial charge in [-0.3, -0.25) is 0 Å². The Balaban J connectivity index is 1.99. The molecule has 19 heavy (non-hydrogen) atoms. The molecular weight excluding hydrogens is 300 g/mol. The molecule has 0 aliphatic heterocycles. The lowest BCUT2D eigenvalue weighted by molar-refractivity contribution is 0.296. The van der Waals surface area contributed by atoms with E-state index in [-0.39, 0.29) is 0 Å². The third-order valence-corrected chi connectivity index (χ3v) is 5.88. The van der Waals surface area contributed by atoms with Crippen molar-refractivity contribution in [1.82, 2.24) is 9.55 Å². The fourth-order valence-electron chi connectivity index (χ4n) is 3.26. The van der Waals surface area contributed by atoms with Crippen molar-refractivity contribution in [1.29, 1.82) is 0 Å². The zero-order valence-electron chi connectivity index (χ0n) is 11.7. The van der Waals surface area contributed by atoms with E-state index in [1.807, 2.05) is 6.33 Å². The number of hydrogen-bond acceptors (Lipinski definition) is 1. The molecule has 0 bridgehead atoms. The molecule has 3 rings (SSSR count). The van der Waals surface area contributed by atoms with E-state index < -0.39 is 0 Å². The minimum atomic E-state index is 0.437. The van der Waals surface area contributed by atoms with Crippen LogP contribution in [0.15, 0.2) is 18.5 Å². The summed E-state index contributed by atoms with van der Waals surface area (Å²) in [4.78, 5) is 4.58. The van der Waals surface area contributed by atoms with Crippen LogP contribution in [-0.4, -0.2) is 14.9 Å². The minimum Gasteiger partial charge on any atom is -0.330 e. The van der Waals surface area contributed by atoms with Gasteiger partial charge in [0.25, 0.3) is 0 Å². The zero-order chi connectivity index (χ0) is 13.5. The maximum Gasteiger partial charge on any atom is 0.0958 e. The molecule has 1 aromatic carbocycles. The number of halogens is 1. The van der Waals surface area contributed by atoms with Crippen molar-refractivity contribution in [3.63, 3.8) is 0 Å². The van der Waals surface area contributed by atoms with E-state index in [1.54, 1.807) is 0 Å². The summed E-state index contributed by atoms with van der Waals surface area (Å²) in [5.41, 5.74) is 5.54. The van der Waals surface area contributed by atoms with Gasteiger partial charge in [-0.05, 0) is 55.4 Å². The van der Waals surface area contributed by atoms with Gasteiger partial charge >= 0.3 is 0 Å². The van der Waals surface area contributed by atoms with Crippen LogP contribution >= 0.6 is 15.9 Å². The van der Waals surface area contributed by atoms with Crippen molar-refractivity contribution < 1.29 is 0 Å². The van der Waals surface area contributed by atoms with Gasteiger partial charge < -0.3 is 4.57 Å². The van der Waals surface area contributed by atoms with Crippen molar-refractivity contribution in [3.05, 3.63) is 29.6 Å². The molecule has 1 aliphatic carbocycles. The molecule has 0 amide bonds. The first kappa shape index (κ1) is 13.2. The van der Waals surface area contributed by atoms with E-state index in [1.165, 1.54) is 42.3 Å². The average molecular weight is 321 g/mol. The van der Waals surface area contributed by atoms with E-state index in [9.17, 15) is 0 Å². The molecule has 1 fully saturated rings. The molecular formula is C16H21BrN2. The number of benzene rings is 1. The quantitative estimate of drug-likeness (QED) is 0.755. The number of hydrogen-bond donors (Lipinski definition) is 0. The van der Waals surface area contributed by atoms with E-state index in [2.05, 4.69) is 51.5 Å². The molecule has 3 heteroatoms. The Morgan fingerprint density at radius 2 is 1.89 bits per heavy atom. The first-order valence-electron chi connectivity index (χ1n) is 7.12. The number of alkyl halides is 1. The Hall–Kier alpha value is -0.830. The molecule has 0 N–H and O–H groups in total. The number of aryl methyl sites for hydroxylation is 2. The summed E-state index contributed by atoms with van der Waals surface area (Å²) in [7, 11) is 0. The zero-order valence-corrected chi connectivity index (χ0v) is 13.3. The molecule has 2 nitrogen and oxygen atoms in total. The van der Waals surface area contributed by atoms with E-state index >= 15 is 0 Å². The predicted molar refractivity (Wildman–Crippen MR) is 83.9 cm³/mol. The Morgan fingerprint density at radius 3 is 2.58 bits per heavy atom. The Kier molecular flexibility index (Phi) is 3.42. The molecule has 1 aromatic heterocycles. The Bertz CT molecular complexity index is 594. The molecule has 0 spiro atoms. The topological polar surface area (TPSA) is 17.8 Å². The molecule has 0 unspecified atom stereocenters. The second-order valence-electron chi connectivity index (χ2n) is 6.14. The van der Waals surface area contributed by atoms with Gasteiger partial charge in [0.15, 0.2) is 0 Å². The maximum absolute atomic E-state index is 4.58. The highest BCUT2D eigenvalue weighted by Crippen LogP contribution is 2.41. The van der Waals surface area contributed by atoms with Crippen LogP contribution < -0.4 is 0 Å². The van der Waals surface area contributed by atoms with Crippen LogP contribution in [0, 0.1) is 19.3 Å². The summed E-state index contributed by atoms with van der Waals surface area (Å²) in [5.74, 6) is 0. The molecule has 1 saturated carbocycles. The lowest BCUT2D eigenvalue weighted by Crippen LogP contribution is -2.24. The van der Waals surface area contributed by atoms with Gasteiger partial charge in [-0.25, -0.2) is 4.98 Å². The van der Waals surface area contributed by atoms with E-state index in [0.29, 0.717) is 5.41 Å². The van der Waals surface area contributed by atoms with Crippen LogP contribution in [0.5, 0.6) is 0 Å². The minimum absolute atomic E-state index is 0.437. The summed E-state index contributed by atoms with van der Waals surface area (Å²) in [6, 6.07) is 4.49. The third-order valence-electron chi connectivity index (χ3n) is 4.69. The molecule has 2 aromatic rings. The van der Waals surface area contributed by atoms with Crippen LogP contribution in [0.1, 0.15) is 36.8 Å². The van der Waals surface area contributed by atoms with Crippen LogP contribution in [0.3, 0.4) is 0 Å². The summed E-state index contributed by atoms with van der Waals surface area (Å²) >= 11 is 3.74. The van der Waals surface area contributed by atoms with E-state index in [0.717, 1.165) is 17.4 Å². The maximum atomic E-state index is 4.58. The largest absolute Gasteiger partial charge is 0.330 e. The molecule has 0 radical (unpaired) electrons. The number of nitrogens with zero attached hydrogens (tertiary/aromatic N) is 2. The Labute approximate surface area is 123 Å². The van der Waals surface area contributed by atoms with Gasteiger partial charge in [0.05, 0.1) is 17.4 Å². The normalized spacial score (nSPS) is 18.3. The van der Waals surface area contributed by atoms with Crippen LogP contribution in [0.2, 0.25) is 0 Å². The van der Waals surface area contributed by atoms with Gasteiger partial charge in [0.1, 0.15) is 0 Å². The molecule has 1 heterocycles. The van der Waals surface area contributed by atoms with Crippen molar-refractivity contribution in [3.8, 4) is 0 Å². The number of aromatic nitrogens is 2. The second kappa shape index (κ2) is 4.93. The van der Waals surface area contributed by atoms with Gasteiger partial charge in [-0.2, -0.15) is 0 Å². The molecule has 0 saturated heterocycles. The number of fused-ring (bicyclic) bond motifs is 1. The van der Waals surface area contributed by atoms with Crippen LogP contribution in [0.25, 0.3) is 11.0 Å². The summed E-state index contributed by atoms with van der Waals surface area (Å²) in [6.07, 6.45) is 7.44.